The average Bonchev–Trinajstić information content (AvgIpc) is 2.35. The zero-order valence-corrected chi connectivity index (χ0v) is 12.4. The largest absolute Gasteiger partial charge is 0.368 e. The van der Waals surface area contributed by atoms with Gasteiger partial charge < -0.3 is 15.5 Å². The summed E-state index contributed by atoms with van der Waals surface area (Å²) in [6.07, 6.45) is 5.52. The fraction of sp³-hybridized carbons (Fsp3) is 0.714. The van der Waals surface area contributed by atoms with Crippen molar-refractivity contribution in [2.24, 2.45) is 0 Å². The first kappa shape index (κ1) is 14.1. The molecule has 2 rings (SSSR count). The van der Waals surface area contributed by atoms with E-state index in [4.69, 9.17) is 0 Å². The van der Waals surface area contributed by atoms with Crippen LogP contribution in [-0.4, -0.2) is 42.2 Å². The summed E-state index contributed by atoms with van der Waals surface area (Å²) in [5.74, 6) is 1.89. The summed E-state index contributed by atoms with van der Waals surface area (Å²) in [5.41, 5.74) is 0.0466. The van der Waals surface area contributed by atoms with Crippen LogP contribution < -0.4 is 15.5 Å². The molecule has 0 spiro atoms. The molecular formula is C14H25N5. The number of hydrogen-bond acceptors (Lipinski definition) is 5. The number of hydrogen-bond donors (Lipinski definition) is 2. The lowest BCUT2D eigenvalue weighted by atomic mass is 9.92. The summed E-state index contributed by atoms with van der Waals surface area (Å²) in [4.78, 5) is 10.9. The van der Waals surface area contributed by atoms with Gasteiger partial charge in [0.05, 0.1) is 0 Å². The molecule has 1 heterocycles. The van der Waals surface area contributed by atoms with Gasteiger partial charge in [0.25, 0.3) is 0 Å². The normalized spacial score (nSPS) is 16.0. The lowest BCUT2D eigenvalue weighted by Crippen LogP contribution is -2.43. The van der Waals surface area contributed by atoms with E-state index in [1.54, 1.807) is 6.33 Å². The second kappa shape index (κ2) is 5.74. The highest BCUT2D eigenvalue weighted by Crippen LogP contribution is 2.27. The predicted molar refractivity (Wildman–Crippen MR) is 79.7 cm³/mol. The van der Waals surface area contributed by atoms with Crippen molar-refractivity contribution >= 4 is 11.6 Å². The zero-order valence-electron chi connectivity index (χ0n) is 12.4. The zero-order chi connectivity index (χ0) is 13.9. The maximum atomic E-state index is 4.37. The van der Waals surface area contributed by atoms with Gasteiger partial charge in [0.1, 0.15) is 18.0 Å². The van der Waals surface area contributed by atoms with Crippen LogP contribution in [0, 0.1) is 0 Å². The summed E-state index contributed by atoms with van der Waals surface area (Å²) in [6.45, 7) is 5.14. The van der Waals surface area contributed by atoms with E-state index in [-0.39, 0.29) is 5.54 Å². The molecule has 1 aromatic rings. The van der Waals surface area contributed by atoms with Crippen LogP contribution >= 0.6 is 0 Å². The van der Waals surface area contributed by atoms with Crippen molar-refractivity contribution in [2.45, 2.75) is 44.7 Å². The molecule has 0 saturated heterocycles. The van der Waals surface area contributed by atoms with E-state index in [1.807, 2.05) is 13.1 Å². The number of aromatic nitrogens is 2. The van der Waals surface area contributed by atoms with Gasteiger partial charge in [-0.1, -0.05) is 0 Å². The lowest BCUT2D eigenvalue weighted by molar-refractivity contribution is 0.399. The molecule has 0 amide bonds. The number of nitrogens with zero attached hydrogens (tertiary/aromatic N) is 3. The van der Waals surface area contributed by atoms with Crippen LogP contribution in [0.25, 0.3) is 0 Å². The van der Waals surface area contributed by atoms with Crippen molar-refractivity contribution in [3.8, 4) is 0 Å². The molecule has 0 aliphatic heterocycles. The Hall–Kier alpha value is -1.36. The van der Waals surface area contributed by atoms with Crippen molar-refractivity contribution in [1.29, 1.82) is 0 Å². The third kappa shape index (κ3) is 3.56. The van der Waals surface area contributed by atoms with Crippen LogP contribution in [0.4, 0.5) is 11.6 Å². The minimum atomic E-state index is 0.0466. The van der Waals surface area contributed by atoms with Gasteiger partial charge in [-0.15, -0.1) is 0 Å². The van der Waals surface area contributed by atoms with E-state index in [9.17, 15) is 0 Å². The SMILES string of the molecule is CNC(C)(C)CNc1cc(N(C)C2CCC2)ncn1. The van der Waals surface area contributed by atoms with Crippen molar-refractivity contribution in [3.05, 3.63) is 12.4 Å². The Morgan fingerprint density at radius 1 is 1.37 bits per heavy atom. The molecule has 1 aliphatic rings. The molecule has 5 nitrogen and oxygen atoms in total. The average molecular weight is 263 g/mol. The predicted octanol–water partition coefficient (Wildman–Crippen LogP) is 1.88. The van der Waals surface area contributed by atoms with Gasteiger partial charge >= 0.3 is 0 Å². The Bertz CT molecular complexity index is 414. The van der Waals surface area contributed by atoms with Gasteiger partial charge in [-0.3, -0.25) is 0 Å². The van der Waals surface area contributed by atoms with Crippen LogP contribution in [0.3, 0.4) is 0 Å². The van der Waals surface area contributed by atoms with Gasteiger partial charge in [-0.2, -0.15) is 0 Å². The Morgan fingerprint density at radius 3 is 2.68 bits per heavy atom. The Morgan fingerprint density at radius 2 is 2.11 bits per heavy atom. The molecular weight excluding hydrogens is 238 g/mol. The van der Waals surface area contributed by atoms with Crippen LogP contribution in [0.15, 0.2) is 12.4 Å². The van der Waals surface area contributed by atoms with Crippen molar-refractivity contribution in [2.75, 3.05) is 30.9 Å². The summed E-state index contributed by atoms with van der Waals surface area (Å²) in [7, 11) is 4.09. The monoisotopic (exact) mass is 263 g/mol. The number of likely N-dealkylation sites (N-methyl/N-ethyl adjacent to an activating group) is 1. The molecule has 1 fully saturated rings. The lowest BCUT2D eigenvalue weighted by Gasteiger charge is -2.35. The summed E-state index contributed by atoms with van der Waals surface area (Å²) in [5, 5.41) is 6.63. The fourth-order valence-electron chi connectivity index (χ4n) is 2.00. The molecule has 1 saturated carbocycles. The van der Waals surface area contributed by atoms with E-state index >= 15 is 0 Å². The van der Waals surface area contributed by atoms with E-state index in [1.165, 1.54) is 19.3 Å². The van der Waals surface area contributed by atoms with Crippen LogP contribution in [0.5, 0.6) is 0 Å². The summed E-state index contributed by atoms with van der Waals surface area (Å²) < 4.78 is 0. The molecule has 0 atom stereocenters. The molecule has 0 radical (unpaired) electrons. The number of nitrogens with one attached hydrogen (secondary N) is 2. The van der Waals surface area contributed by atoms with E-state index in [2.05, 4.69) is 46.4 Å². The fourth-order valence-corrected chi connectivity index (χ4v) is 2.00. The van der Waals surface area contributed by atoms with Crippen LogP contribution in [-0.2, 0) is 0 Å². The van der Waals surface area contributed by atoms with E-state index in [0.717, 1.165) is 18.2 Å². The van der Waals surface area contributed by atoms with Crippen LogP contribution in [0.1, 0.15) is 33.1 Å². The molecule has 106 valence electrons. The minimum Gasteiger partial charge on any atom is -0.368 e. The second-order valence-electron chi connectivity index (χ2n) is 5.94. The third-order valence-corrected chi connectivity index (χ3v) is 4.02. The molecule has 19 heavy (non-hydrogen) atoms. The maximum absolute atomic E-state index is 4.37. The first-order valence-corrected chi connectivity index (χ1v) is 6.99. The van der Waals surface area contributed by atoms with Gasteiger partial charge in [0.15, 0.2) is 0 Å². The van der Waals surface area contributed by atoms with Crippen molar-refractivity contribution < 1.29 is 0 Å². The second-order valence-corrected chi connectivity index (χ2v) is 5.94. The highest BCUT2D eigenvalue weighted by atomic mass is 15.2. The van der Waals surface area contributed by atoms with E-state index < -0.39 is 0 Å². The highest BCUT2D eigenvalue weighted by Gasteiger charge is 2.23. The Balaban J connectivity index is 1.98. The molecule has 0 bridgehead atoms. The molecule has 1 aliphatic carbocycles. The first-order chi connectivity index (χ1) is 9.02. The summed E-state index contributed by atoms with van der Waals surface area (Å²) in [6, 6.07) is 2.68. The Labute approximate surface area is 115 Å². The van der Waals surface area contributed by atoms with Gasteiger partial charge in [0.2, 0.25) is 0 Å². The molecule has 5 heteroatoms. The van der Waals surface area contributed by atoms with Crippen molar-refractivity contribution in [1.82, 2.24) is 15.3 Å². The Kier molecular flexibility index (Phi) is 4.24. The topological polar surface area (TPSA) is 53.1 Å². The molecule has 2 N–H and O–H groups in total. The van der Waals surface area contributed by atoms with Gasteiger partial charge in [-0.05, 0) is 40.2 Å². The standard InChI is InChI=1S/C14H25N5/c1-14(2,15-3)9-16-12-8-13(18-10-17-12)19(4)11-6-5-7-11/h8,10-11,15H,5-7,9H2,1-4H3,(H,16,17,18). The quantitative estimate of drug-likeness (QED) is 0.820. The highest BCUT2D eigenvalue weighted by molar-refractivity contribution is 5.49. The van der Waals surface area contributed by atoms with Gasteiger partial charge in [0, 0.05) is 31.2 Å². The molecule has 1 aromatic heterocycles. The summed E-state index contributed by atoms with van der Waals surface area (Å²) >= 11 is 0. The maximum Gasteiger partial charge on any atom is 0.134 e. The van der Waals surface area contributed by atoms with Crippen LogP contribution in [0.2, 0.25) is 0 Å². The minimum absolute atomic E-state index is 0.0466. The smallest absolute Gasteiger partial charge is 0.134 e. The first-order valence-electron chi connectivity index (χ1n) is 6.99. The van der Waals surface area contributed by atoms with Crippen molar-refractivity contribution in [3.63, 3.8) is 0 Å². The number of anilines is 2. The molecule has 0 unspecified atom stereocenters. The van der Waals surface area contributed by atoms with Gasteiger partial charge in [-0.25, -0.2) is 9.97 Å². The number of rotatable bonds is 6. The van der Waals surface area contributed by atoms with E-state index in [0.29, 0.717) is 6.04 Å². The molecule has 0 aromatic carbocycles. The third-order valence-electron chi connectivity index (χ3n) is 4.02.